The van der Waals surface area contributed by atoms with Crippen LogP contribution in [0.15, 0.2) is 36.4 Å². The molecule has 23 heavy (non-hydrogen) atoms. The summed E-state index contributed by atoms with van der Waals surface area (Å²) < 4.78 is 51.3. The molecule has 2 aromatic rings. The molecule has 7 heteroatoms. The van der Waals surface area contributed by atoms with Crippen LogP contribution in [0.1, 0.15) is 11.1 Å². The van der Waals surface area contributed by atoms with Crippen molar-refractivity contribution >= 4 is 33.0 Å². The minimum atomic E-state index is -3.43. The molecule has 2 rings (SSSR count). The fraction of sp³-hybridized carbons (Fsp3) is 0.250. The highest BCUT2D eigenvalue weighted by atomic mass is 35.5. The second-order valence-corrected chi connectivity index (χ2v) is 8.30. The predicted octanol–water partition coefficient (Wildman–Crippen LogP) is 4.47. The Morgan fingerprint density at radius 1 is 0.783 bits per heavy atom. The molecule has 0 saturated carbocycles. The molecule has 0 radical (unpaired) electrons. The van der Waals surface area contributed by atoms with Gasteiger partial charge in [-0.15, -0.1) is 0 Å². The Morgan fingerprint density at radius 3 is 1.52 bits per heavy atom. The van der Waals surface area contributed by atoms with Crippen molar-refractivity contribution in [1.29, 1.82) is 0 Å². The lowest BCUT2D eigenvalue weighted by molar-refractivity contribution is 0.588. The van der Waals surface area contributed by atoms with Crippen molar-refractivity contribution in [2.24, 2.45) is 0 Å². The van der Waals surface area contributed by atoms with Crippen LogP contribution in [-0.2, 0) is 22.7 Å². The van der Waals surface area contributed by atoms with Crippen molar-refractivity contribution < 1.29 is 17.2 Å². The second kappa shape index (κ2) is 7.60. The van der Waals surface area contributed by atoms with E-state index < -0.39 is 21.5 Å². The van der Waals surface area contributed by atoms with Gasteiger partial charge in [-0.05, 0) is 48.2 Å². The topological polar surface area (TPSA) is 34.1 Å². The third kappa shape index (κ3) is 5.44. The van der Waals surface area contributed by atoms with E-state index in [4.69, 9.17) is 23.2 Å². The molecule has 0 heterocycles. The summed E-state index contributed by atoms with van der Waals surface area (Å²) in [6.07, 6.45) is 0.100. The highest BCUT2D eigenvalue weighted by Gasteiger charge is 2.14. The summed E-state index contributed by atoms with van der Waals surface area (Å²) in [7, 11) is -3.43. The van der Waals surface area contributed by atoms with Crippen LogP contribution in [0.3, 0.4) is 0 Å². The van der Waals surface area contributed by atoms with Crippen LogP contribution in [0.5, 0.6) is 0 Å². The van der Waals surface area contributed by atoms with Gasteiger partial charge in [0.15, 0.2) is 9.84 Å². The maximum Gasteiger partial charge on any atom is 0.150 e. The number of rotatable bonds is 6. The second-order valence-electron chi connectivity index (χ2n) is 5.12. The SMILES string of the molecule is O=S(=O)(CCc1ccc(Cl)cc1F)CCc1ccc(Cl)cc1F. The monoisotopic (exact) mass is 378 g/mol. The maximum atomic E-state index is 13.6. The number of halogens is 4. The third-order valence-electron chi connectivity index (χ3n) is 3.40. The first-order chi connectivity index (χ1) is 10.8. The molecule has 0 aliphatic carbocycles. The van der Waals surface area contributed by atoms with Crippen LogP contribution in [-0.4, -0.2) is 19.9 Å². The number of hydrogen-bond acceptors (Lipinski definition) is 2. The van der Waals surface area contributed by atoms with Crippen LogP contribution in [0, 0.1) is 11.6 Å². The molecule has 0 spiro atoms. The highest BCUT2D eigenvalue weighted by Crippen LogP contribution is 2.17. The average molecular weight is 379 g/mol. The van der Waals surface area contributed by atoms with Gasteiger partial charge in [-0.1, -0.05) is 35.3 Å². The molecule has 0 bridgehead atoms. The maximum absolute atomic E-state index is 13.6. The first-order valence-electron chi connectivity index (χ1n) is 6.85. The zero-order chi connectivity index (χ0) is 17.0. The van der Waals surface area contributed by atoms with E-state index in [0.29, 0.717) is 0 Å². The van der Waals surface area contributed by atoms with Gasteiger partial charge in [0.05, 0.1) is 11.5 Å². The summed E-state index contributed by atoms with van der Waals surface area (Å²) in [6, 6.07) is 8.24. The van der Waals surface area contributed by atoms with Crippen LogP contribution >= 0.6 is 23.2 Å². The van der Waals surface area contributed by atoms with Crippen molar-refractivity contribution in [3.63, 3.8) is 0 Å². The zero-order valence-corrected chi connectivity index (χ0v) is 14.4. The standard InChI is InChI=1S/C16H14Cl2F2O2S/c17-13-3-1-11(15(19)9-13)5-7-23(21,22)8-6-12-2-4-14(18)10-16(12)20/h1-4,9-10H,5-8H2. The molecule has 0 amide bonds. The molecule has 0 atom stereocenters. The largest absolute Gasteiger partial charge is 0.229 e. The van der Waals surface area contributed by atoms with Gasteiger partial charge in [-0.25, -0.2) is 17.2 Å². The van der Waals surface area contributed by atoms with E-state index in [1.807, 2.05) is 0 Å². The van der Waals surface area contributed by atoms with Gasteiger partial charge in [0.2, 0.25) is 0 Å². The van der Waals surface area contributed by atoms with Crippen LogP contribution in [0.2, 0.25) is 10.0 Å². The molecular weight excluding hydrogens is 365 g/mol. The molecule has 0 N–H and O–H groups in total. The number of aryl methyl sites for hydroxylation is 2. The molecule has 2 aromatic carbocycles. The van der Waals surface area contributed by atoms with E-state index in [-0.39, 0.29) is 45.5 Å². The minimum Gasteiger partial charge on any atom is -0.229 e. The number of sulfone groups is 1. The van der Waals surface area contributed by atoms with Crippen molar-refractivity contribution in [2.75, 3.05) is 11.5 Å². The van der Waals surface area contributed by atoms with E-state index in [9.17, 15) is 17.2 Å². The van der Waals surface area contributed by atoms with E-state index in [2.05, 4.69) is 0 Å². The summed E-state index contributed by atoms with van der Waals surface area (Å²) in [5, 5.41) is 0.514. The molecule has 0 saturated heterocycles. The lowest BCUT2D eigenvalue weighted by atomic mass is 10.1. The Hall–Kier alpha value is -1.17. The first kappa shape index (κ1) is 18.2. The van der Waals surface area contributed by atoms with Crippen molar-refractivity contribution in [2.45, 2.75) is 12.8 Å². The van der Waals surface area contributed by atoms with Crippen LogP contribution in [0.4, 0.5) is 8.78 Å². The van der Waals surface area contributed by atoms with Crippen molar-refractivity contribution in [1.82, 2.24) is 0 Å². The molecule has 0 aromatic heterocycles. The fourth-order valence-corrected chi connectivity index (χ4v) is 3.67. The van der Waals surface area contributed by atoms with Gasteiger partial charge in [-0.3, -0.25) is 0 Å². The summed E-state index contributed by atoms with van der Waals surface area (Å²) in [5.74, 6) is -1.48. The number of hydrogen-bond donors (Lipinski definition) is 0. The zero-order valence-electron chi connectivity index (χ0n) is 12.0. The average Bonchev–Trinajstić information content (AvgIpc) is 2.45. The Balaban J connectivity index is 1.96. The summed E-state index contributed by atoms with van der Waals surface area (Å²) in [4.78, 5) is 0. The predicted molar refractivity (Wildman–Crippen MR) is 88.9 cm³/mol. The third-order valence-corrected chi connectivity index (χ3v) is 5.52. The Bertz CT molecular complexity index is 746. The van der Waals surface area contributed by atoms with Crippen LogP contribution in [0.25, 0.3) is 0 Å². The molecular formula is C16H14Cl2F2O2S. The summed E-state index contributed by atoms with van der Waals surface area (Å²) >= 11 is 11.3. The highest BCUT2D eigenvalue weighted by molar-refractivity contribution is 7.91. The van der Waals surface area contributed by atoms with E-state index in [1.54, 1.807) is 0 Å². The first-order valence-corrected chi connectivity index (χ1v) is 9.43. The van der Waals surface area contributed by atoms with Gasteiger partial charge in [0.25, 0.3) is 0 Å². The van der Waals surface area contributed by atoms with E-state index >= 15 is 0 Å². The normalized spacial score (nSPS) is 11.7. The molecule has 0 unspecified atom stereocenters. The van der Waals surface area contributed by atoms with Crippen LogP contribution < -0.4 is 0 Å². The van der Waals surface area contributed by atoms with Gasteiger partial charge in [0.1, 0.15) is 11.6 Å². The van der Waals surface area contributed by atoms with E-state index in [1.165, 1.54) is 24.3 Å². The van der Waals surface area contributed by atoms with Gasteiger partial charge >= 0.3 is 0 Å². The molecule has 0 aliphatic heterocycles. The molecule has 124 valence electrons. The van der Waals surface area contributed by atoms with Gasteiger partial charge in [-0.2, -0.15) is 0 Å². The smallest absolute Gasteiger partial charge is 0.150 e. The molecule has 0 aliphatic rings. The van der Waals surface area contributed by atoms with Crippen molar-refractivity contribution in [3.05, 3.63) is 69.2 Å². The molecule has 2 nitrogen and oxygen atoms in total. The summed E-state index contributed by atoms with van der Waals surface area (Å²) in [6.45, 7) is 0. The quantitative estimate of drug-likeness (QED) is 0.742. The van der Waals surface area contributed by atoms with Crippen molar-refractivity contribution in [3.8, 4) is 0 Å². The molecule has 0 fully saturated rings. The Morgan fingerprint density at radius 2 is 1.17 bits per heavy atom. The lowest BCUT2D eigenvalue weighted by Gasteiger charge is -2.07. The van der Waals surface area contributed by atoms with Gasteiger partial charge in [0, 0.05) is 10.0 Å². The van der Waals surface area contributed by atoms with E-state index in [0.717, 1.165) is 12.1 Å². The Labute approximate surface area is 144 Å². The lowest BCUT2D eigenvalue weighted by Crippen LogP contribution is -2.15. The Kier molecular flexibility index (Phi) is 6.00. The minimum absolute atomic E-state index is 0.0500. The fourth-order valence-electron chi connectivity index (χ4n) is 2.08. The number of benzene rings is 2. The summed E-state index contributed by atoms with van der Waals surface area (Å²) in [5.41, 5.74) is 0.575. The van der Waals surface area contributed by atoms with Gasteiger partial charge < -0.3 is 0 Å².